The number of piperidine rings is 1. The molecule has 0 radical (unpaired) electrons. The highest BCUT2D eigenvalue weighted by atomic mass is 32.2. The summed E-state index contributed by atoms with van der Waals surface area (Å²) >= 11 is 0. The Bertz CT molecular complexity index is 1470. The normalized spacial score (nSPS) is 15.5. The maximum absolute atomic E-state index is 13.4. The van der Waals surface area contributed by atoms with E-state index in [4.69, 9.17) is 4.98 Å². The summed E-state index contributed by atoms with van der Waals surface area (Å²) in [5, 5.41) is 8.10. The Kier molecular flexibility index (Phi) is 7.84. The third-order valence-corrected chi connectivity index (χ3v) is 7.95. The lowest BCUT2D eigenvalue weighted by Crippen LogP contribution is -2.36. The molecule has 0 aromatic carbocycles. The molecule has 1 aliphatic heterocycles. The number of rotatable bonds is 8. The fourth-order valence-electron chi connectivity index (χ4n) is 4.92. The molecule has 0 atom stereocenters. The molecule has 3 aromatic rings. The lowest BCUT2D eigenvalue weighted by Gasteiger charge is -2.31. The predicted molar refractivity (Wildman–Crippen MR) is 144 cm³/mol. The number of carbonyl (C=O) groups is 1. The van der Waals surface area contributed by atoms with Crippen LogP contribution in [-0.2, 0) is 16.4 Å². The number of H-pyrrole nitrogens is 1. The molecule has 0 unspecified atom stereocenters. The van der Waals surface area contributed by atoms with Crippen molar-refractivity contribution in [2.24, 2.45) is 0 Å². The van der Waals surface area contributed by atoms with Gasteiger partial charge >= 0.3 is 0 Å². The van der Waals surface area contributed by atoms with Gasteiger partial charge in [-0.05, 0) is 71.3 Å². The van der Waals surface area contributed by atoms with Gasteiger partial charge < -0.3 is 15.2 Å². The van der Waals surface area contributed by atoms with Crippen LogP contribution >= 0.6 is 0 Å². The van der Waals surface area contributed by atoms with Gasteiger partial charge in [-0.3, -0.25) is 9.59 Å². The first-order chi connectivity index (χ1) is 17.4. The number of fused-ring (bicyclic) bond motifs is 1. The van der Waals surface area contributed by atoms with Gasteiger partial charge in [0, 0.05) is 48.3 Å². The Balaban J connectivity index is 1.59. The highest BCUT2D eigenvalue weighted by Gasteiger charge is 2.26. The SMILES string of the molecule is Cc1cc(C)c(CNC(=O)c2cc(C3CCN(CCS(C)(=O)=O)CC3)nc3c2cnn3C(C)C)c(=O)[nH]1. The Hall–Kier alpha value is -3.05. The van der Waals surface area contributed by atoms with E-state index in [2.05, 4.69) is 20.3 Å². The molecule has 0 spiro atoms. The number of sulfone groups is 1. The summed E-state index contributed by atoms with van der Waals surface area (Å²) in [4.78, 5) is 35.7. The minimum Gasteiger partial charge on any atom is -0.348 e. The molecule has 3 aromatic heterocycles. The number of nitrogens with one attached hydrogen (secondary N) is 2. The van der Waals surface area contributed by atoms with E-state index >= 15 is 0 Å². The minimum atomic E-state index is -3.00. The van der Waals surface area contributed by atoms with Crippen molar-refractivity contribution in [3.05, 3.63) is 56.8 Å². The van der Waals surface area contributed by atoms with Gasteiger partial charge in [0.1, 0.15) is 9.84 Å². The van der Waals surface area contributed by atoms with Crippen molar-refractivity contribution >= 4 is 26.8 Å². The third kappa shape index (κ3) is 6.27. The van der Waals surface area contributed by atoms with Gasteiger partial charge in [0.2, 0.25) is 0 Å². The number of hydrogen-bond acceptors (Lipinski definition) is 7. The van der Waals surface area contributed by atoms with Gasteiger partial charge in [0.25, 0.3) is 11.5 Å². The Morgan fingerprint density at radius 3 is 2.54 bits per heavy atom. The fourth-order valence-corrected chi connectivity index (χ4v) is 5.51. The molecule has 11 heteroatoms. The van der Waals surface area contributed by atoms with E-state index in [9.17, 15) is 18.0 Å². The van der Waals surface area contributed by atoms with Crippen molar-refractivity contribution in [1.29, 1.82) is 0 Å². The minimum absolute atomic E-state index is 0.0720. The van der Waals surface area contributed by atoms with Crippen LogP contribution in [0.2, 0.25) is 0 Å². The Labute approximate surface area is 217 Å². The molecule has 1 aliphatic rings. The number of pyridine rings is 2. The number of carbonyl (C=O) groups excluding carboxylic acids is 1. The lowest BCUT2D eigenvalue weighted by molar-refractivity contribution is 0.0952. The number of aromatic nitrogens is 4. The second-order valence-corrected chi connectivity index (χ2v) is 12.6. The molecule has 1 fully saturated rings. The van der Waals surface area contributed by atoms with Crippen LogP contribution in [0.15, 0.2) is 23.1 Å². The molecule has 200 valence electrons. The molecule has 0 aliphatic carbocycles. The molecule has 4 heterocycles. The van der Waals surface area contributed by atoms with Crippen molar-refractivity contribution in [3.8, 4) is 0 Å². The first-order valence-corrected chi connectivity index (χ1v) is 14.7. The van der Waals surface area contributed by atoms with Crippen LogP contribution in [0.25, 0.3) is 11.0 Å². The van der Waals surface area contributed by atoms with Crippen LogP contribution in [0.3, 0.4) is 0 Å². The van der Waals surface area contributed by atoms with Gasteiger partial charge in [0.15, 0.2) is 5.65 Å². The van der Waals surface area contributed by atoms with Crippen molar-refractivity contribution in [2.75, 3.05) is 31.6 Å². The van der Waals surface area contributed by atoms with Crippen LogP contribution in [0.5, 0.6) is 0 Å². The van der Waals surface area contributed by atoms with Crippen LogP contribution in [-0.4, -0.2) is 70.6 Å². The zero-order valence-corrected chi connectivity index (χ0v) is 23.0. The van der Waals surface area contributed by atoms with E-state index in [0.29, 0.717) is 28.7 Å². The van der Waals surface area contributed by atoms with E-state index in [1.165, 1.54) is 6.26 Å². The maximum atomic E-state index is 13.4. The number of hydrogen-bond donors (Lipinski definition) is 2. The first-order valence-electron chi connectivity index (χ1n) is 12.7. The zero-order chi connectivity index (χ0) is 26.9. The van der Waals surface area contributed by atoms with Gasteiger partial charge in [-0.1, -0.05) is 0 Å². The molecule has 10 nitrogen and oxygen atoms in total. The van der Waals surface area contributed by atoms with Gasteiger partial charge in [-0.2, -0.15) is 5.10 Å². The quantitative estimate of drug-likeness (QED) is 0.459. The Morgan fingerprint density at radius 1 is 1.22 bits per heavy atom. The predicted octanol–water partition coefficient (Wildman–Crippen LogP) is 2.47. The molecular formula is C26H36N6O4S. The van der Waals surface area contributed by atoms with Crippen molar-refractivity contribution in [3.63, 3.8) is 0 Å². The van der Waals surface area contributed by atoms with Crippen molar-refractivity contribution in [2.45, 2.75) is 59.0 Å². The molecule has 4 rings (SSSR count). The van der Waals surface area contributed by atoms with E-state index in [1.54, 1.807) is 6.20 Å². The fraction of sp³-hybridized carbons (Fsp3) is 0.538. The summed E-state index contributed by atoms with van der Waals surface area (Å²) < 4.78 is 24.9. The van der Waals surface area contributed by atoms with E-state index in [0.717, 1.165) is 42.9 Å². The van der Waals surface area contributed by atoms with Crippen LogP contribution in [0, 0.1) is 13.8 Å². The number of aryl methyl sites for hydroxylation is 2. The highest BCUT2D eigenvalue weighted by Crippen LogP contribution is 2.30. The smallest absolute Gasteiger partial charge is 0.253 e. The molecule has 2 N–H and O–H groups in total. The summed E-state index contributed by atoms with van der Waals surface area (Å²) in [6, 6.07) is 3.82. The molecule has 0 saturated carbocycles. The second-order valence-electron chi connectivity index (χ2n) is 10.4. The van der Waals surface area contributed by atoms with Crippen LogP contribution in [0.4, 0.5) is 0 Å². The lowest BCUT2D eigenvalue weighted by atomic mass is 9.91. The van der Waals surface area contributed by atoms with Crippen molar-refractivity contribution < 1.29 is 13.2 Å². The average molecular weight is 529 g/mol. The van der Waals surface area contributed by atoms with Gasteiger partial charge in [-0.25, -0.2) is 18.1 Å². The largest absolute Gasteiger partial charge is 0.348 e. The second kappa shape index (κ2) is 10.7. The van der Waals surface area contributed by atoms with E-state index < -0.39 is 9.84 Å². The average Bonchev–Trinajstić information content (AvgIpc) is 3.25. The van der Waals surface area contributed by atoms with Gasteiger partial charge in [-0.15, -0.1) is 0 Å². The summed E-state index contributed by atoms with van der Waals surface area (Å²) in [6.45, 7) is 9.94. The summed E-state index contributed by atoms with van der Waals surface area (Å²) in [6.07, 6.45) is 4.60. The highest BCUT2D eigenvalue weighted by molar-refractivity contribution is 7.90. The zero-order valence-electron chi connectivity index (χ0n) is 22.2. The summed E-state index contributed by atoms with van der Waals surface area (Å²) in [5.74, 6) is 0.0355. The molecular weight excluding hydrogens is 492 g/mol. The van der Waals surface area contributed by atoms with E-state index in [-0.39, 0.29) is 35.7 Å². The molecule has 1 saturated heterocycles. The standard InChI is InChI=1S/C26H36N6O4S/c1-16(2)32-24-22(15-28-32)20(25(33)27-14-21-17(3)12-18(4)29-26(21)34)13-23(30-24)19-6-8-31(9-7-19)10-11-37(5,35)36/h12-13,15-16,19H,6-11,14H2,1-5H3,(H,27,33)(H,29,34). The first kappa shape index (κ1) is 27.0. The van der Waals surface area contributed by atoms with Crippen LogP contribution in [0.1, 0.15) is 71.5 Å². The monoisotopic (exact) mass is 528 g/mol. The summed E-state index contributed by atoms with van der Waals surface area (Å²) in [5.41, 5.74) is 3.94. The topological polar surface area (TPSA) is 130 Å². The number of likely N-dealkylation sites (tertiary alicyclic amines) is 1. The van der Waals surface area contributed by atoms with E-state index in [1.807, 2.05) is 44.5 Å². The maximum Gasteiger partial charge on any atom is 0.253 e. The number of nitrogens with zero attached hydrogens (tertiary/aromatic N) is 4. The summed E-state index contributed by atoms with van der Waals surface area (Å²) in [7, 11) is -3.00. The molecule has 1 amide bonds. The molecule has 0 bridgehead atoms. The van der Waals surface area contributed by atoms with Gasteiger partial charge in [0.05, 0.1) is 22.9 Å². The number of amides is 1. The Morgan fingerprint density at radius 2 is 1.92 bits per heavy atom. The third-order valence-electron chi connectivity index (χ3n) is 7.02. The molecule has 37 heavy (non-hydrogen) atoms. The van der Waals surface area contributed by atoms with Crippen molar-refractivity contribution in [1.82, 2.24) is 30.0 Å². The number of aromatic amines is 1. The van der Waals surface area contributed by atoms with Crippen LogP contribution < -0.4 is 10.9 Å².